The molecule has 25 nitrogen and oxygen atoms in total. The van der Waals surface area contributed by atoms with Crippen LogP contribution in [0.1, 0.15) is 105 Å². The Bertz CT molecular complexity index is 5460. The molecular weight excluding hydrogens is 2140 g/mol. The minimum atomic E-state index is -1.78. The molecule has 1 amide bonds. The van der Waals surface area contributed by atoms with E-state index < -0.39 is 80.4 Å². The monoisotopic (exact) mass is 2250 g/mol. The number of hydroxylamine groups is 2. The smallest absolute Gasteiger partial charge is 1.00 e. The maximum Gasteiger partial charge on any atom is 1.00 e. The number of aliphatic hydroxyl groups is 3. The molecule has 0 bridgehead atoms. The summed E-state index contributed by atoms with van der Waals surface area (Å²) in [5, 5.41) is 42.2. The molecule has 9 atom stereocenters. The first-order chi connectivity index (χ1) is 64.3. The Balaban J connectivity index is 0.000000425. The fourth-order valence-corrected chi connectivity index (χ4v) is 20.3. The second-order valence-corrected chi connectivity index (χ2v) is 38.9. The number of benzene rings is 8. The Kier molecular flexibility index (Phi) is 60.2. The molecule has 0 saturated carbocycles. The van der Waals surface area contributed by atoms with Crippen molar-refractivity contribution in [2.24, 2.45) is 0 Å². The van der Waals surface area contributed by atoms with E-state index in [1.807, 2.05) is 73.1 Å². The van der Waals surface area contributed by atoms with Crippen LogP contribution < -0.4 is 66.0 Å². The van der Waals surface area contributed by atoms with E-state index in [0.29, 0.717) is 84.0 Å². The van der Waals surface area contributed by atoms with E-state index in [1.54, 1.807) is 125 Å². The first-order valence-electron chi connectivity index (χ1n) is 41.9. The number of aldehydes is 1. The maximum atomic E-state index is 12.1. The summed E-state index contributed by atoms with van der Waals surface area (Å²) in [5.74, 6) is -1.46. The molecule has 0 spiro atoms. The summed E-state index contributed by atoms with van der Waals surface area (Å²) in [6.07, 6.45) is 3.27. The summed E-state index contributed by atoms with van der Waals surface area (Å²) >= 11 is 51.7. The number of aryl methyl sites for hydroxylation is 1. The predicted molar refractivity (Wildman–Crippen MR) is 549 cm³/mol. The molecule has 8 aromatic carbocycles. The van der Waals surface area contributed by atoms with Crippen molar-refractivity contribution in [2.45, 2.75) is 153 Å². The van der Waals surface area contributed by atoms with Crippen molar-refractivity contribution in [3.8, 4) is 0 Å². The number of hydrogen-bond acceptors (Lipinski definition) is 22. The van der Waals surface area contributed by atoms with Crippen molar-refractivity contribution in [3.63, 3.8) is 0 Å². The molecule has 3 N–H and O–H groups in total. The van der Waals surface area contributed by atoms with Crippen LogP contribution in [-0.4, -0.2) is 207 Å². The average molecular weight is 2260 g/mol. The number of aliphatic hydroxyl groups excluding tert-OH is 3. The second-order valence-electron chi connectivity index (χ2n) is 30.0. The number of unbranched alkanes of at least 4 members (excludes halogenated alkanes) is 1. The number of carbonyl (C=O) groups is 2. The van der Waals surface area contributed by atoms with Gasteiger partial charge in [0.2, 0.25) is 0 Å². The normalized spacial score (nSPS) is 17.0. The SMILES string of the molecule is C.CCc1cc(Cl)ccc1Br.COC.COC(Cc1[c-]ccc(Cl)c1)OC.COC(Cc1cc(Cl)ccc1Br)OC.COC(Cc1cc(Cl)ccc1[C@@H](O)[C@H]1O[C@@H](n2ccc3c(Cl)ncnc32)[C@@H]2OC(C)(C)O[C@@H]21)OC.COC[P+](c1ccccc1)(c1ccccc1)c1ccccc1.CON(C)C(=O)[C@H]1O[C@@H](n2ccc3c(Cl)ncnc32)[C@H](O)[C@@H]1O.O=Cc1cc(Cl)ccc1Br.[CH2-]CCC.[Cl-].[Li+].[Li+]. The molecule has 12 aromatic rings. The molecule has 138 heavy (non-hydrogen) atoms. The summed E-state index contributed by atoms with van der Waals surface area (Å²) in [5.41, 5.74) is 6.36. The van der Waals surface area contributed by atoms with Crippen LogP contribution in [0.25, 0.3) is 22.1 Å². The molecule has 0 radical (unpaired) electrons. The van der Waals surface area contributed by atoms with E-state index in [1.165, 1.54) is 59.3 Å². The molecule has 3 saturated heterocycles. The van der Waals surface area contributed by atoms with E-state index in [-0.39, 0.29) is 75.3 Å². The zero-order valence-electron chi connectivity index (χ0n) is 79.1. The third kappa shape index (κ3) is 36.5. The largest absolute Gasteiger partial charge is 1.00 e. The van der Waals surface area contributed by atoms with Gasteiger partial charge in [-0.1, -0.05) is 211 Å². The molecular formula is C99H117Br3Cl8Li2N7O18P. The molecule has 15 rings (SSSR count). The minimum Gasteiger partial charge on any atom is -1.00 e. The minimum absolute atomic E-state index is 0. The fourth-order valence-electron chi connectivity index (χ4n) is 13.9. The van der Waals surface area contributed by atoms with Crippen molar-refractivity contribution >= 4 is 186 Å². The molecule has 39 heteroatoms. The summed E-state index contributed by atoms with van der Waals surface area (Å²) in [6.45, 7) is 11.5. The van der Waals surface area contributed by atoms with Crippen LogP contribution in [0.2, 0.25) is 35.4 Å². The van der Waals surface area contributed by atoms with E-state index in [9.17, 15) is 24.9 Å². The van der Waals surface area contributed by atoms with Crippen molar-refractivity contribution < 1.29 is 137 Å². The quantitative estimate of drug-likeness (QED) is 0.00864. The van der Waals surface area contributed by atoms with Gasteiger partial charge < -0.3 is 101 Å². The number of ether oxygens (including phenoxy) is 12. The van der Waals surface area contributed by atoms with Gasteiger partial charge in [-0.2, -0.15) is 30.2 Å². The zero-order chi connectivity index (χ0) is 98.4. The number of likely N-dealkylation sites (N-methyl/N-ethyl adjacent to an activating group) is 1. The van der Waals surface area contributed by atoms with Crippen LogP contribution in [0.15, 0.2) is 233 Å². The second kappa shape index (κ2) is 65.4. The van der Waals surface area contributed by atoms with Gasteiger partial charge in [0, 0.05) is 142 Å². The van der Waals surface area contributed by atoms with Gasteiger partial charge in [-0.05, 0) is 158 Å². The molecule has 3 aliphatic rings. The first kappa shape index (κ1) is 127. The Morgan fingerprint density at radius 3 is 1.40 bits per heavy atom. The molecule has 3 fully saturated rings. The fraction of sp³-hybridized carbons (Fsp3) is 0.364. The molecule has 7 heterocycles. The Morgan fingerprint density at radius 2 is 0.971 bits per heavy atom. The summed E-state index contributed by atoms with van der Waals surface area (Å²) in [6, 6.07) is 66.1. The van der Waals surface area contributed by atoms with E-state index in [2.05, 4.69) is 190 Å². The summed E-state index contributed by atoms with van der Waals surface area (Å²) in [4.78, 5) is 43.6. The first-order valence-corrected chi connectivity index (χ1v) is 48.9. The van der Waals surface area contributed by atoms with Gasteiger partial charge in [-0.3, -0.25) is 14.4 Å². The number of aromatic nitrogens is 6. The van der Waals surface area contributed by atoms with Crippen LogP contribution in [0, 0.1) is 13.0 Å². The maximum absolute atomic E-state index is 12.1. The third-order valence-corrected chi connectivity index (χ3v) is 28.9. The predicted octanol–water partition coefficient (Wildman–Crippen LogP) is 13.0. The van der Waals surface area contributed by atoms with E-state index in [0.717, 1.165) is 59.3 Å². The topological polar surface area (TPSA) is 279 Å². The van der Waals surface area contributed by atoms with E-state index in [4.69, 9.17) is 138 Å². The Hall–Kier alpha value is -5.12. The van der Waals surface area contributed by atoms with Crippen molar-refractivity contribution in [3.05, 3.63) is 314 Å². The molecule has 0 aliphatic carbocycles. The summed E-state index contributed by atoms with van der Waals surface area (Å²) in [7, 11) is 15.5. The number of nitrogens with zero attached hydrogens (tertiary/aromatic N) is 7. The molecule has 740 valence electrons. The van der Waals surface area contributed by atoms with Gasteiger partial charge in [0.25, 0.3) is 5.91 Å². The molecule has 4 aromatic heterocycles. The number of halogens is 11. The number of carbonyl (C=O) groups excluding carboxylic acids is 2. The van der Waals surface area contributed by atoms with Gasteiger partial charge >= 0.3 is 37.7 Å². The van der Waals surface area contributed by atoms with Gasteiger partial charge in [-0.25, -0.2) is 25.0 Å². The number of methoxy groups -OCH3 is 8. The Labute approximate surface area is 901 Å². The van der Waals surface area contributed by atoms with Crippen molar-refractivity contribution in [1.82, 2.24) is 34.1 Å². The van der Waals surface area contributed by atoms with Crippen LogP contribution in [0.5, 0.6) is 0 Å². The number of hydrogen-bond donors (Lipinski definition) is 3. The number of fused-ring (bicyclic) bond motifs is 3. The molecule has 0 unspecified atom stereocenters. The van der Waals surface area contributed by atoms with E-state index >= 15 is 0 Å². The van der Waals surface area contributed by atoms with Gasteiger partial charge in [-0.15, -0.1) is 17.7 Å². The van der Waals surface area contributed by atoms with Crippen LogP contribution in [0.3, 0.4) is 0 Å². The van der Waals surface area contributed by atoms with Gasteiger partial charge in [0.1, 0.15) is 94.1 Å². The number of rotatable bonds is 26. The van der Waals surface area contributed by atoms with Crippen molar-refractivity contribution in [2.75, 3.05) is 84.5 Å². The standard InChI is InChI=1S/C24H27Cl2N3O6.C20H20OP.C13H15ClN4O5.C10H12BrClO2.C10H12ClO2.C8H8BrCl.C7H4BrClO.C4H9.C2H6O.CH4.ClH.2Li/c1-24(2)34-19-18(17(30)14-6-5-13(25)9-12(14)10-16(31-3)32-4)33-23(20(19)35-24)29-8-7-15-21(26)27-11-28-22(15)29;1-21-17-22(18-11-5-2-6-12-18,19-13-7-3-8-14-19)20-15-9-4-10-16-20;1-17(22-2)12(21)9-7(19)8(20)13(23-9)18-4-3-6-10(14)15-5-16-11(6)18;1-13-10(14-2)6-7-5-8(12)3-4-9(7)11;1-12-10(13-2)7-8-4-3-5-9(11)6-8;1-2-6-5-7(10)3-4-8(6)9;8-7-2-1-6(9)3-5(7)4-10;1-3-4-2;1-3-2;;;;/h5-9,11,16-20,23,30H,10H2,1-4H3;2-16H,17H2,1H3;3-5,7-9,13,19-20H,1-2H3;3-5,10H,6H2,1-2H3;3,5-6,10H,7H2,1-2H3;3-5H,2H2,1H3;1-4H;1,3-4H2,2H3;1-2H3;1H4;1H;;/q;+1;;;-1;;;-1;;;;2*+1/p-1/t17-,18-,19-,20-,23-;;7-,8+,9-,13+;;;;;;;;;;/m1.0........../s1. The average Bonchev–Trinajstić information content (AvgIpc) is 1.63. The Morgan fingerprint density at radius 1 is 0.558 bits per heavy atom. The number of amides is 1. The van der Waals surface area contributed by atoms with Crippen LogP contribution in [0.4, 0.5) is 0 Å². The third-order valence-electron chi connectivity index (χ3n) is 20.6. The van der Waals surface area contributed by atoms with Crippen molar-refractivity contribution in [1.29, 1.82) is 0 Å². The zero-order valence-corrected chi connectivity index (χ0v) is 90.8. The van der Waals surface area contributed by atoms with Gasteiger partial charge in [0.05, 0.1) is 17.9 Å². The van der Waals surface area contributed by atoms with Crippen LogP contribution >= 0.6 is 136 Å². The van der Waals surface area contributed by atoms with Crippen LogP contribution in [-0.2, 0) is 92.2 Å². The van der Waals surface area contributed by atoms with Gasteiger partial charge in [0.15, 0.2) is 55.9 Å². The molecule has 3 aliphatic heterocycles. The summed E-state index contributed by atoms with van der Waals surface area (Å²) < 4.78 is 71.8.